The van der Waals surface area contributed by atoms with Crippen LogP contribution in [0.2, 0.25) is 0 Å². The number of guanidine groups is 1. The molecule has 1 aromatic heterocycles. The molecule has 0 spiro atoms. The number of methoxy groups -OCH3 is 2. The van der Waals surface area contributed by atoms with E-state index in [0.717, 1.165) is 62.2 Å². The van der Waals surface area contributed by atoms with Crippen molar-refractivity contribution in [3.63, 3.8) is 0 Å². The summed E-state index contributed by atoms with van der Waals surface area (Å²) in [5.41, 5.74) is 3.63. The van der Waals surface area contributed by atoms with Crippen molar-refractivity contribution in [3.05, 3.63) is 47.8 Å². The Morgan fingerprint density at radius 3 is 2.67 bits per heavy atom. The molecule has 162 valence electrons. The summed E-state index contributed by atoms with van der Waals surface area (Å²) in [4.78, 5) is 11.3. The molecule has 1 unspecified atom stereocenters. The van der Waals surface area contributed by atoms with E-state index < -0.39 is 0 Å². The Hall–Kier alpha value is -2.96. The summed E-state index contributed by atoms with van der Waals surface area (Å²) in [6.45, 7) is 7.64. The highest BCUT2D eigenvalue weighted by Gasteiger charge is 2.24. The topological polar surface area (TPSA) is 71.0 Å². The molecule has 1 aromatic carbocycles. The fourth-order valence-electron chi connectivity index (χ4n) is 3.67. The summed E-state index contributed by atoms with van der Waals surface area (Å²) < 4.78 is 10.8. The van der Waals surface area contributed by atoms with E-state index in [9.17, 15) is 0 Å². The lowest BCUT2D eigenvalue weighted by Crippen LogP contribution is -2.44. The molecule has 2 N–H and O–H groups in total. The third-order valence-electron chi connectivity index (χ3n) is 5.36. The van der Waals surface area contributed by atoms with Crippen LogP contribution < -0.4 is 25.0 Å². The SMILES string of the molecule is CCNC(=NCCc1ccncc1C)NC1CCN(c2cc(OC)cc(OC)c2)C1. The van der Waals surface area contributed by atoms with E-state index in [1.807, 2.05) is 18.5 Å². The van der Waals surface area contributed by atoms with Crippen LogP contribution in [0, 0.1) is 6.92 Å². The van der Waals surface area contributed by atoms with Gasteiger partial charge in [-0.1, -0.05) is 0 Å². The van der Waals surface area contributed by atoms with E-state index in [-0.39, 0.29) is 0 Å². The summed E-state index contributed by atoms with van der Waals surface area (Å²) >= 11 is 0. The second-order valence-electron chi connectivity index (χ2n) is 7.46. The van der Waals surface area contributed by atoms with Gasteiger partial charge in [-0.05, 0) is 43.9 Å². The van der Waals surface area contributed by atoms with Crippen LogP contribution in [0.3, 0.4) is 0 Å². The fourth-order valence-corrected chi connectivity index (χ4v) is 3.67. The first kappa shape index (κ1) is 21.7. The molecule has 7 nitrogen and oxygen atoms in total. The number of nitrogens with zero attached hydrogens (tertiary/aromatic N) is 3. The minimum absolute atomic E-state index is 0.336. The van der Waals surface area contributed by atoms with Crippen LogP contribution in [-0.4, -0.2) is 57.4 Å². The number of ether oxygens (including phenoxy) is 2. The van der Waals surface area contributed by atoms with Gasteiger partial charge in [-0.25, -0.2) is 0 Å². The molecular formula is C23H33N5O2. The van der Waals surface area contributed by atoms with Gasteiger partial charge in [-0.15, -0.1) is 0 Å². The van der Waals surface area contributed by atoms with Crippen LogP contribution in [0.1, 0.15) is 24.5 Å². The van der Waals surface area contributed by atoms with Gasteiger partial charge in [-0.3, -0.25) is 9.98 Å². The summed E-state index contributed by atoms with van der Waals surface area (Å²) in [5.74, 6) is 2.49. The van der Waals surface area contributed by atoms with Crippen molar-refractivity contribution in [2.24, 2.45) is 4.99 Å². The lowest BCUT2D eigenvalue weighted by molar-refractivity contribution is 0.394. The second-order valence-corrected chi connectivity index (χ2v) is 7.46. The van der Waals surface area contributed by atoms with E-state index in [4.69, 9.17) is 14.5 Å². The molecule has 3 rings (SSSR count). The molecule has 2 aromatic rings. The number of rotatable bonds is 8. The first-order chi connectivity index (χ1) is 14.6. The maximum absolute atomic E-state index is 5.41. The highest BCUT2D eigenvalue weighted by Crippen LogP contribution is 2.30. The molecular weight excluding hydrogens is 378 g/mol. The molecule has 1 aliphatic rings. The zero-order valence-electron chi connectivity index (χ0n) is 18.4. The van der Waals surface area contributed by atoms with E-state index in [1.165, 1.54) is 11.1 Å². The largest absolute Gasteiger partial charge is 0.497 e. The van der Waals surface area contributed by atoms with Gasteiger partial charge in [0.1, 0.15) is 11.5 Å². The Kier molecular flexibility index (Phi) is 7.76. The van der Waals surface area contributed by atoms with Gasteiger partial charge >= 0.3 is 0 Å². The van der Waals surface area contributed by atoms with Gasteiger partial charge in [0.25, 0.3) is 0 Å². The van der Waals surface area contributed by atoms with Gasteiger partial charge in [0.15, 0.2) is 5.96 Å². The Bertz CT molecular complexity index is 833. The Morgan fingerprint density at radius 1 is 1.23 bits per heavy atom. The highest BCUT2D eigenvalue weighted by atomic mass is 16.5. The summed E-state index contributed by atoms with van der Waals surface area (Å²) in [7, 11) is 3.36. The molecule has 30 heavy (non-hydrogen) atoms. The zero-order valence-corrected chi connectivity index (χ0v) is 18.4. The van der Waals surface area contributed by atoms with Crippen LogP contribution >= 0.6 is 0 Å². The van der Waals surface area contributed by atoms with Crippen LogP contribution in [-0.2, 0) is 6.42 Å². The first-order valence-corrected chi connectivity index (χ1v) is 10.5. The average Bonchev–Trinajstić information content (AvgIpc) is 3.23. The van der Waals surface area contributed by atoms with Gasteiger partial charge in [0, 0.05) is 68.5 Å². The lowest BCUT2D eigenvalue weighted by Gasteiger charge is -2.21. The maximum atomic E-state index is 5.41. The van der Waals surface area contributed by atoms with Crippen molar-refractivity contribution in [1.82, 2.24) is 15.6 Å². The van der Waals surface area contributed by atoms with Gasteiger partial charge < -0.3 is 25.0 Å². The van der Waals surface area contributed by atoms with Gasteiger partial charge in [-0.2, -0.15) is 0 Å². The number of pyridine rings is 1. The average molecular weight is 412 g/mol. The molecule has 7 heteroatoms. The van der Waals surface area contributed by atoms with Crippen molar-refractivity contribution < 1.29 is 9.47 Å². The monoisotopic (exact) mass is 411 g/mol. The second kappa shape index (κ2) is 10.7. The Balaban J connectivity index is 1.59. The van der Waals surface area contributed by atoms with E-state index in [0.29, 0.717) is 6.04 Å². The Morgan fingerprint density at radius 2 is 2.00 bits per heavy atom. The standard InChI is InChI=1S/C23H33N5O2/c1-5-25-23(26-10-7-18-6-9-24-15-17(18)2)27-19-8-11-28(16-19)20-12-21(29-3)14-22(13-20)30-4/h6,9,12-15,19H,5,7-8,10-11,16H2,1-4H3,(H2,25,26,27). The molecule has 2 heterocycles. The third kappa shape index (κ3) is 5.78. The molecule has 1 aliphatic heterocycles. The minimum atomic E-state index is 0.336. The molecule has 0 bridgehead atoms. The molecule has 0 aliphatic carbocycles. The summed E-state index contributed by atoms with van der Waals surface area (Å²) in [6.07, 6.45) is 5.71. The van der Waals surface area contributed by atoms with Gasteiger partial charge in [0.05, 0.1) is 14.2 Å². The molecule has 1 atom stereocenters. The van der Waals surface area contributed by atoms with Crippen molar-refractivity contribution >= 4 is 11.6 Å². The predicted molar refractivity (Wildman–Crippen MR) is 122 cm³/mol. The number of nitrogens with one attached hydrogen (secondary N) is 2. The summed E-state index contributed by atoms with van der Waals surface area (Å²) in [6, 6.07) is 8.42. The van der Waals surface area contributed by atoms with E-state index >= 15 is 0 Å². The minimum Gasteiger partial charge on any atom is -0.497 e. The smallest absolute Gasteiger partial charge is 0.191 e. The van der Waals surface area contributed by atoms with Crippen LogP contribution in [0.4, 0.5) is 5.69 Å². The number of hydrogen-bond donors (Lipinski definition) is 2. The normalized spacial score (nSPS) is 16.5. The molecule has 0 saturated carbocycles. The van der Waals surface area contributed by atoms with Crippen LogP contribution in [0.25, 0.3) is 0 Å². The van der Waals surface area contributed by atoms with Crippen molar-refractivity contribution in [1.29, 1.82) is 0 Å². The van der Waals surface area contributed by atoms with E-state index in [2.05, 4.69) is 52.6 Å². The molecule has 0 radical (unpaired) electrons. The van der Waals surface area contributed by atoms with E-state index in [1.54, 1.807) is 14.2 Å². The number of hydrogen-bond acceptors (Lipinski definition) is 5. The number of aryl methyl sites for hydroxylation is 1. The number of benzene rings is 1. The maximum Gasteiger partial charge on any atom is 0.191 e. The lowest BCUT2D eigenvalue weighted by atomic mass is 10.1. The van der Waals surface area contributed by atoms with Crippen LogP contribution in [0.15, 0.2) is 41.7 Å². The summed E-state index contributed by atoms with van der Waals surface area (Å²) in [5, 5.41) is 6.97. The van der Waals surface area contributed by atoms with Crippen molar-refractivity contribution in [2.45, 2.75) is 32.7 Å². The fraction of sp³-hybridized carbons (Fsp3) is 0.478. The number of aromatic nitrogens is 1. The van der Waals surface area contributed by atoms with Crippen molar-refractivity contribution in [2.75, 3.05) is 45.3 Å². The predicted octanol–water partition coefficient (Wildman–Crippen LogP) is 2.78. The zero-order chi connectivity index (χ0) is 21.3. The first-order valence-electron chi connectivity index (χ1n) is 10.5. The quantitative estimate of drug-likeness (QED) is 0.514. The third-order valence-corrected chi connectivity index (χ3v) is 5.36. The molecule has 1 fully saturated rings. The highest BCUT2D eigenvalue weighted by molar-refractivity contribution is 5.80. The molecule has 1 saturated heterocycles. The Labute approximate surface area is 179 Å². The van der Waals surface area contributed by atoms with Crippen LogP contribution in [0.5, 0.6) is 11.5 Å². The van der Waals surface area contributed by atoms with Crippen molar-refractivity contribution in [3.8, 4) is 11.5 Å². The number of aliphatic imine (C=N–C) groups is 1. The molecule has 0 amide bonds. The number of anilines is 1. The van der Waals surface area contributed by atoms with Gasteiger partial charge in [0.2, 0.25) is 0 Å².